The molecule has 0 atom stereocenters. The number of ether oxygens (including phenoxy) is 1. The van der Waals surface area contributed by atoms with Gasteiger partial charge in [0.2, 0.25) is 11.8 Å². The summed E-state index contributed by atoms with van der Waals surface area (Å²) in [6.07, 6.45) is 0.312. The lowest BCUT2D eigenvalue weighted by molar-refractivity contribution is -0.142. The van der Waals surface area contributed by atoms with E-state index in [0.29, 0.717) is 42.9 Å². The molecule has 112 valence electrons. The lowest BCUT2D eigenvalue weighted by Crippen LogP contribution is -2.19. The highest BCUT2D eigenvalue weighted by Crippen LogP contribution is 2.19. The van der Waals surface area contributed by atoms with Crippen LogP contribution in [0.1, 0.15) is 19.2 Å². The molecule has 1 aromatic carbocycles. The predicted molar refractivity (Wildman–Crippen MR) is 77.7 cm³/mol. The molecule has 2 rings (SSSR count). The van der Waals surface area contributed by atoms with Gasteiger partial charge < -0.3 is 14.5 Å². The Morgan fingerprint density at radius 3 is 2.81 bits per heavy atom. The van der Waals surface area contributed by atoms with Crippen molar-refractivity contribution in [2.75, 3.05) is 13.2 Å². The third kappa shape index (κ3) is 4.84. The molecule has 0 amide bonds. The van der Waals surface area contributed by atoms with E-state index in [0.717, 1.165) is 5.56 Å². The summed E-state index contributed by atoms with van der Waals surface area (Å²) >= 11 is 5.82. The van der Waals surface area contributed by atoms with Crippen molar-refractivity contribution in [1.82, 2.24) is 15.5 Å². The molecule has 6 nitrogen and oxygen atoms in total. The van der Waals surface area contributed by atoms with Crippen molar-refractivity contribution in [2.45, 2.75) is 19.9 Å². The van der Waals surface area contributed by atoms with E-state index >= 15 is 0 Å². The predicted octanol–water partition coefficient (Wildman–Crippen LogP) is 2.43. The van der Waals surface area contributed by atoms with Crippen LogP contribution in [0, 0.1) is 0 Å². The van der Waals surface area contributed by atoms with Gasteiger partial charge in [-0.3, -0.25) is 4.79 Å². The summed E-state index contributed by atoms with van der Waals surface area (Å²) in [5.74, 6) is 0.676. The van der Waals surface area contributed by atoms with Gasteiger partial charge in [-0.2, -0.15) is 0 Å². The number of halogens is 1. The summed E-state index contributed by atoms with van der Waals surface area (Å²) in [5.41, 5.74) is 0.810. The molecule has 0 aliphatic carbocycles. The highest BCUT2D eigenvalue weighted by molar-refractivity contribution is 6.30. The summed E-state index contributed by atoms with van der Waals surface area (Å²) in [5, 5.41) is 11.6. The molecule has 0 aliphatic heterocycles. The Labute approximate surface area is 127 Å². The Hall–Kier alpha value is -1.92. The first kappa shape index (κ1) is 15.5. The van der Waals surface area contributed by atoms with Crippen LogP contribution in [-0.4, -0.2) is 29.3 Å². The van der Waals surface area contributed by atoms with Gasteiger partial charge >= 0.3 is 5.97 Å². The first-order chi connectivity index (χ1) is 10.2. The maximum Gasteiger partial charge on any atom is 0.307 e. The van der Waals surface area contributed by atoms with Crippen molar-refractivity contribution >= 4 is 17.6 Å². The standard InChI is InChI=1S/C14H16ClN3O3/c1-2-20-13(19)7-8-16-9-12-17-18-14(21-12)10-3-5-11(15)6-4-10/h3-6,16H,2,7-9H2,1H3. The molecule has 1 heterocycles. The highest BCUT2D eigenvalue weighted by Gasteiger charge is 2.08. The van der Waals surface area contributed by atoms with Crippen LogP contribution in [0.2, 0.25) is 5.02 Å². The summed E-state index contributed by atoms with van der Waals surface area (Å²) in [7, 11) is 0. The van der Waals surface area contributed by atoms with E-state index in [-0.39, 0.29) is 5.97 Å². The number of rotatable bonds is 7. The van der Waals surface area contributed by atoms with Crippen LogP contribution in [0.5, 0.6) is 0 Å². The van der Waals surface area contributed by atoms with Gasteiger partial charge in [0.1, 0.15) is 0 Å². The van der Waals surface area contributed by atoms with Crippen molar-refractivity contribution in [1.29, 1.82) is 0 Å². The van der Waals surface area contributed by atoms with Crippen LogP contribution in [-0.2, 0) is 16.1 Å². The third-order valence-electron chi connectivity index (χ3n) is 2.65. The average Bonchev–Trinajstić information content (AvgIpc) is 2.93. The number of aromatic nitrogens is 2. The smallest absolute Gasteiger partial charge is 0.307 e. The summed E-state index contributed by atoms with van der Waals surface area (Å²) in [4.78, 5) is 11.1. The Morgan fingerprint density at radius 2 is 2.10 bits per heavy atom. The molecule has 0 fully saturated rings. The van der Waals surface area contributed by atoms with Crippen molar-refractivity contribution < 1.29 is 13.9 Å². The number of carbonyl (C=O) groups excluding carboxylic acids is 1. The zero-order chi connectivity index (χ0) is 15.1. The van der Waals surface area contributed by atoms with Gasteiger partial charge in [-0.05, 0) is 31.2 Å². The number of nitrogens with one attached hydrogen (secondary N) is 1. The number of hydrogen-bond acceptors (Lipinski definition) is 6. The monoisotopic (exact) mass is 309 g/mol. The minimum Gasteiger partial charge on any atom is -0.466 e. The molecule has 1 aromatic heterocycles. The molecule has 0 saturated carbocycles. The minimum atomic E-state index is -0.225. The molecule has 0 radical (unpaired) electrons. The summed E-state index contributed by atoms with van der Waals surface area (Å²) < 4.78 is 10.3. The summed E-state index contributed by atoms with van der Waals surface area (Å²) in [6, 6.07) is 7.15. The largest absolute Gasteiger partial charge is 0.466 e. The fourth-order valence-corrected chi connectivity index (χ4v) is 1.78. The highest BCUT2D eigenvalue weighted by atomic mass is 35.5. The number of carbonyl (C=O) groups is 1. The van der Waals surface area contributed by atoms with Crippen molar-refractivity contribution in [2.24, 2.45) is 0 Å². The van der Waals surface area contributed by atoms with E-state index in [1.165, 1.54) is 0 Å². The number of nitrogens with zero attached hydrogens (tertiary/aromatic N) is 2. The van der Waals surface area contributed by atoms with Crippen molar-refractivity contribution in [3.05, 3.63) is 35.2 Å². The zero-order valence-corrected chi connectivity index (χ0v) is 12.4. The second kappa shape index (κ2) is 7.75. The molecule has 7 heteroatoms. The van der Waals surface area contributed by atoms with Gasteiger partial charge in [-0.15, -0.1) is 10.2 Å². The van der Waals surface area contributed by atoms with Crippen LogP contribution < -0.4 is 5.32 Å². The lowest BCUT2D eigenvalue weighted by atomic mass is 10.2. The molecule has 2 aromatic rings. The second-order valence-corrected chi connectivity index (χ2v) is 4.68. The van der Waals surface area contributed by atoms with Crippen LogP contribution in [0.4, 0.5) is 0 Å². The molecule has 0 bridgehead atoms. The van der Waals surface area contributed by atoms with E-state index in [2.05, 4.69) is 15.5 Å². The topological polar surface area (TPSA) is 77.2 Å². The fourth-order valence-electron chi connectivity index (χ4n) is 1.65. The number of esters is 1. The minimum absolute atomic E-state index is 0.225. The molecule has 0 saturated heterocycles. The number of benzene rings is 1. The molecular weight excluding hydrogens is 294 g/mol. The Bertz CT molecular complexity index is 583. The average molecular weight is 310 g/mol. The van der Waals surface area contributed by atoms with E-state index < -0.39 is 0 Å². The Kier molecular flexibility index (Phi) is 5.71. The number of hydrogen-bond donors (Lipinski definition) is 1. The fraction of sp³-hybridized carbons (Fsp3) is 0.357. The SMILES string of the molecule is CCOC(=O)CCNCc1nnc(-c2ccc(Cl)cc2)o1. The van der Waals surface area contributed by atoms with Gasteiger partial charge in [0.25, 0.3) is 0 Å². The summed E-state index contributed by atoms with van der Waals surface area (Å²) in [6.45, 7) is 3.08. The van der Waals surface area contributed by atoms with E-state index in [1.54, 1.807) is 19.1 Å². The maximum absolute atomic E-state index is 11.1. The third-order valence-corrected chi connectivity index (χ3v) is 2.90. The quantitative estimate of drug-likeness (QED) is 0.625. The van der Waals surface area contributed by atoms with Gasteiger partial charge in [0.05, 0.1) is 19.6 Å². The van der Waals surface area contributed by atoms with Crippen LogP contribution in [0.15, 0.2) is 28.7 Å². The molecule has 0 aliphatic rings. The van der Waals surface area contributed by atoms with E-state index in [9.17, 15) is 4.79 Å². The lowest BCUT2D eigenvalue weighted by Gasteiger charge is -2.02. The Morgan fingerprint density at radius 1 is 1.33 bits per heavy atom. The molecule has 0 spiro atoms. The first-order valence-corrected chi connectivity index (χ1v) is 7.01. The molecular formula is C14H16ClN3O3. The van der Waals surface area contributed by atoms with Crippen molar-refractivity contribution in [3.63, 3.8) is 0 Å². The Balaban J connectivity index is 1.81. The maximum atomic E-state index is 11.1. The van der Waals surface area contributed by atoms with Crippen LogP contribution in [0.3, 0.4) is 0 Å². The molecule has 21 heavy (non-hydrogen) atoms. The van der Waals surface area contributed by atoms with Gasteiger partial charge in [-0.25, -0.2) is 0 Å². The second-order valence-electron chi connectivity index (χ2n) is 4.24. The van der Waals surface area contributed by atoms with Crippen LogP contribution >= 0.6 is 11.6 Å². The molecule has 1 N–H and O–H groups in total. The molecule has 0 unspecified atom stereocenters. The van der Waals surface area contributed by atoms with E-state index in [4.69, 9.17) is 20.8 Å². The normalized spacial score (nSPS) is 10.6. The van der Waals surface area contributed by atoms with Crippen molar-refractivity contribution in [3.8, 4) is 11.5 Å². The van der Waals surface area contributed by atoms with Crippen LogP contribution in [0.25, 0.3) is 11.5 Å². The van der Waals surface area contributed by atoms with E-state index in [1.807, 2.05) is 12.1 Å². The van der Waals surface area contributed by atoms with Gasteiger partial charge in [0.15, 0.2) is 0 Å². The zero-order valence-electron chi connectivity index (χ0n) is 11.6. The first-order valence-electron chi connectivity index (χ1n) is 6.63. The van der Waals surface area contributed by atoms with Gasteiger partial charge in [-0.1, -0.05) is 11.6 Å². The van der Waals surface area contributed by atoms with Gasteiger partial charge in [0, 0.05) is 17.1 Å².